The van der Waals surface area contributed by atoms with E-state index >= 15 is 0 Å². The molecule has 4 aromatic heterocycles. The molecule has 6 heteroatoms. The number of nitrogens with zero attached hydrogens (tertiary/aromatic N) is 3. The van der Waals surface area contributed by atoms with Gasteiger partial charge in [0.2, 0.25) is 11.0 Å². The maximum atomic E-state index is 6.40. The van der Waals surface area contributed by atoms with Gasteiger partial charge in [-0.25, -0.2) is 4.98 Å². The molecule has 0 atom stereocenters. The molecule has 4 nitrogen and oxygen atoms in total. The van der Waals surface area contributed by atoms with E-state index in [9.17, 15) is 0 Å². The number of halogens is 1. The van der Waals surface area contributed by atoms with Crippen LogP contribution in [0.25, 0.3) is 91.8 Å². The van der Waals surface area contributed by atoms with E-state index in [-0.39, 0.29) is 5.28 Å². The van der Waals surface area contributed by atoms with E-state index < -0.39 is 0 Å². The highest BCUT2D eigenvalue weighted by molar-refractivity contribution is 7.27. The average Bonchev–Trinajstić information content (AvgIpc) is 3.74. The summed E-state index contributed by atoms with van der Waals surface area (Å²) in [5.41, 5.74) is 6.46. The molecule has 0 aliphatic heterocycles. The van der Waals surface area contributed by atoms with Crippen molar-refractivity contribution in [2.45, 2.75) is 0 Å². The third kappa shape index (κ3) is 3.23. The lowest BCUT2D eigenvalue weighted by atomic mass is 10.00. The van der Waals surface area contributed by atoms with Gasteiger partial charge in [0, 0.05) is 53.0 Å². The fourth-order valence-corrected chi connectivity index (χ4v) is 8.37. The Morgan fingerprint density at radius 3 is 2.11 bits per heavy atom. The quantitative estimate of drug-likeness (QED) is 0.185. The van der Waals surface area contributed by atoms with Crippen LogP contribution in [0.4, 0.5) is 0 Å². The van der Waals surface area contributed by atoms with Crippen LogP contribution in [0.1, 0.15) is 0 Å². The normalized spacial score (nSPS) is 12.2. The van der Waals surface area contributed by atoms with Crippen LogP contribution in [0, 0.1) is 0 Å². The zero-order valence-electron chi connectivity index (χ0n) is 23.1. The van der Waals surface area contributed by atoms with Gasteiger partial charge in [-0.05, 0) is 47.3 Å². The van der Waals surface area contributed by atoms with Crippen LogP contribution in [0.5, 0.6) is 0 Å². The molecular formula is C38H20ClN3OS. The van der Waals surface area contributed by atoms with Gasteiger partial charge < -0.3 is 8.98 Å². The van der Waals surface area contributed by atoms with Crippen molar-refractivity contribution in [1.82, 2.24) is 14.5 Å². The first-order valence-corrected chi connectivity index (χ1v) is 15.6. The van der Waals surface area contributed by atoms with Gasteiger partial charge in [0.1, 0.15) is 5.58 Å². The molecule has 206 valence electrons. The SMILES string of the molecule is Clc1nc(-c2ccc(-n3c4ccccc4c4c5ccccc5c5sc6ccccc6c5c43)cc2)c2c(n1)oc1ccccc12. The summed E-state index contributed by atoms with van der Waals surface area (Å²) in [5.74, 6) is 0. The predicted octanol–water partition coefficient (Wildman–Crippen LogP) is 11.3. The van der Waals surface area contributed by atoms with Crippen molar-refractivity contribution < 1.29 is 4.42 Å². The molecule has 4 heterocycles. The van der Waals surface area contributed by atoms with E-state index in [4.69, 9.17) is 16.0 Å². The minimum absolute atomic E-state index is 0.164. The number of hydrogen-bond acceptors (Lipinski definition) is 4. The maximum absolute atomic E-state index is 6.40. The first-order valence-electron chi connectivity index (χ1n) is 14.5. The zero-order valence-corrected chi connectivity index (χ0v) is 24.7. The summed E-state index contributed by atoms with van der Waals surface area (Å²) < 4.78 is 11.1. The summed E-state index contributed by atoms with van der Waals surface area (Å²) in [7, 11) is 0. The van der Waals surface area contributed by atoms with Crippen LogP contribution in [0.3, 0.4) is 0 Å². The van der Waals surface area contributed by atoms with E-state index in [2.05, 4.69) is 112 Å². The number of furan rings is 1. The molecular weight excluding hydrogens is 582 g/mol. The summed E-state index contributed by atoms with van der Waals surface area (Å²) in [4.78, 5) is 9.06. The Hall–Kier alpha value is -5.23. The van der Waals surface area contributed by atoms with Crippen LogP contribution in [0.2, 0.25) is 5.28 Å². The number of rotatable bonds is 2. The molecule has 0 radical (unpaired) electrons. The molecule has 0 aliphatic rings. The molecule has 6 aromatic carbocycles. The highest BCUT2D eigenvalue weighted by Crippen LogP contribution is 2.48. The Bertz CT molecular complexity index is 2790. The lowest BCUT2D eigenvalue weighted by Gasteiger charge is -2.12. The Kier molecular flexibility index (Phi) is 4.90. The van der Waals surface area contributed by atoms with Gasteiger partial charge in [-0.15, -0.1) is 11.3 Å². The average molecular weight is 602 g/mol. The van der Waals surface area contributed by atoms with Crippen molar-refractivity contribution >= 4 is 97.8 Å². The van der Waals surface area contributed by atoms with E-state index in [1.165, 1.54) is 52.8 Å². The second-order valence-corrected chi connectivity index (χ2v) is 12.5. The molecule has 0 spiro atoms. The molecule has 44 heavy (non-hydrogen) atoms. The maximum Gasteiger partial charge on any atom is 0.232 e. The van der Waals surface area contributed by atoms with Crippen molar-refractivity contribution in [3.63, 3.8) is 0 Å². The summed E-state index contributed by atoms with van der Waals surface area (Å²) in [6.45, 7) is 0. The third-order valence-corrected chi connectivity index (χ3v) is 10.1. The molecule has 0 aliphatic carbocycles. The molecule has 0 fully saturated rings. The van der Waals surface area contributed by atoms with Crippen molar-refractivity contribution in [2.24, 2.45) is 0 Å². The highest BCUT2D eigenvalue weighted by atomic mass is 35.5. The van der Waals surface area contributed by atoms with Gasteiger partial charge in [-0.3, -0.25) is 0 Å². The summed E-state index contributed by atoms with van der Waals surface area (Å²) in [5, 5.41) is 9.69. The van der Waals surface area contributed by atoms with Crippen LogP contribution in [-0.4, -0.2) is 14.5 Å². The van der Waals surface area contributed by atoms with Gasteiger partial charge in [0.25, 0.3) is 0 Å². The minimum Gasteiger partial charge on any atom is -0.438 e. The van der Waals surface area contributed by atoms with Gasteiger partial charge in [-0.2, -0.15) is 4.98 Å². The fraction of sp³-hybridized carbons (Fsp3) is 0. The van der Waals surface area contributed by atoms with E-state index in [0.29, 0.717) is 5.71 Å². The number of fused-ring (bicyclic) bond motifs is 13. The van der Waals surface area contributed by atoms with Gasteiger partial charge in [0.05, 0.1) is 22.1 Å². The Morgan fingerprint density at radius 1 is 0.591 bits per heavy atom. The Morgan fingerprint density at radius 2 is 1.27 bits per heavy atom. The first-order chi connectivity index (χ1) is 21.7. The van der Waals surface area contributed by atoms with Crippen molar-refractivity contribution in [3.05, 3.63) is 127 Å². The molecule has 10 aromatic rings. The number of thiophene rings is 1. The van der Waals surface area contributed by atoms with Crippen LogP contribution >= 0.6 is 22.9 Å². The van der Waals surface area contributed by atoms with Crippen LogP contribution in [-0.2, 0) is 0 Å². The van der Waals surface area contributed by atoms with E-state index in [0.717, 1.165) is 33.3 Å². The molecule has 0 N–H and O–H groups in total. The molecule has 0 amide bonds. The zero-order chi connectivity index (χ0) is 28.9. The van der Waals surface area contributed by atoms with Crippen molar-refractivity contribution in [1.29, 1.82) is 0 Å². The van der Waals surface area contributed by atoms with Crippen LogP contribution < -0.4 is 0 Å². The highest BCUT2D eigenvalue weighted by Gasteiger charge is 2.22. The van der Waals surface area contributed by atoms with Gasteiger partial charge in [-0.1, -0.05) is 91.0 Å². The number of benzene rings is 6. The van der Waals surface area contributed by atoms with E-state index in [1.54, 1.807) is 0 Å². The first kappa shape index (κ1) is 24.2. The monoisotopic (exact) mass is 601 g/mol. The fourth-order valence-electron chi connectivity index (χ4n) is 6.96. The molecule has 0 saturated heterocycles. The topological polar surface area (TPSA) is 43.9 Å². The minimum atomic E-state index is 0.164. The number of para-hydroxylation sites is 2. The van der Waals surface area contributed by atoms with Crippen molar-refractivity contribution in [2.75, 3.05) is 0 Å². The lowest BCUT2D eigenvalue weighted by Crippen LogP contribution is -1.95. The molecule has 0 unspecified atom stereocenters. The van der Waals surface area contributed by atoms with Crippen LogP contribution in [0.15, 0.2) is 126 Å². The van der Waals surface area contributed by atoms with Gasteiger partial charge >= 0.3 is 0 Å². The lowest BCUT2D eigenvalue weighted by molar-refractivity contribution is 0.653. The molecule has 0 saturated carbocycles. The van der Waals surface area contributed by atoms with E-state index in [1.807, 2.05) is 35.6 Å². The predicted molar refractivity (Wildman–Crippen MR) is 184 cm³/mol. The summed E-state index contributed by atoms with van der Waals surface area (Å²) in [6.07, 6.45) is 0. The smallest absolute Gasteiger partial charge is 0.232 e. The summed E-state index contributed by atoms with van der Waals surface area (Å²) >= 11 is 8.27. The van der Waals surface area contributed by atoms with Crippen molar-refractivity contribution in [3.8, 4) is 16.9 Å². The second kappa shape index (κ2) is 8.89. The molecule has 10 rings (SSSR count). The van der Waals surface area contributed by atoms with Gasteiger partial charge in [0.15, 0.2) is 0 Å². The Labute approximate surface area is 259 Å². The number of hydrogen-bond donors (Lipinski definition) is 0. The molecule has 0 bridgehead atoms. The second-order valence-electron chi connectivity index (χ2n) is 11.1. The Balaban J connectivity index is 1.30. The third-order valence-electron chi connectivity index (χ3n) is 8.76. The largest absolute Gasteiger partial charge is 0.438 e. The number of aromatic nitrogens is 3. The summed E-state index contributed by atoms with van der Waals surface area (Å²) in [6, 6.07) is 42.9. The standard InChI is InChI=1S/C38H20ClN3OS/c39-38-40-34(32-26-12-4-7-15-29(26)43-37(32)41-38)21-17-19-22(20-18-21)42-28-14-6-3-11-25(28)31-23-9-1-2-10-24(23)36-33(35(31)42)27-13-5-8-16-30(27)44-36/h1-20H.